The van der Waals surface area contributed by atoms with Crippen LogP contribution >= 0.6 is 12.2 Å². The van der Waals surface area contributed by atoms with E-state index in [4.69, 9.17) is 12.2 Å². The predicted molar refractivity (Wildman–Crippen MR) is 70.8 cm³/mol. The van der Waals surface area contributed by atoms with Crippen molar-refractivity contribution in [3.8, 4) is 0 Å². The van der Waals surface area contributed by atoms with Gasteiger partial charge >= 0.3 is 0 Å². The van der Waals surface area contributed by atoms with Crippen LogP contribution in [0.2, 0.25) is 0 Å². The molecule has 7 heteroatoms. The second-order valence-electron chi connectivity index (χ2n) is 4.91. The lowest BCUT2D eigenvalue weighted by atomic mass is 10.1. The zero-order chi connectivity index (χ0) is 12.8. The highest BCUT2D eigenvalue weighted by atomic mass is 32.2. The van der Waals surface area contributed by atoms with Crippen LogP contribution in [0.1, 0.15) is 29.4 Å². The van der Waals surface area contributed by atoms with E-state index in [9.17, 15) is 8.42 Å². The Morgan fingerprint density at radius 3 is 2.94 bits per heavy atom. The number of nitrogens with one attached hydrogen (secondary N) is 2. The van der Waals surface area contributed by atoms with E-state index in [1.165, 1.54) is 0 Å². The van der Waals surface area contributed by atoms with Crippen LogP contribution in [-0.4, -0.2) is 36.4 Å². The molecule has 0 spiro atoms. The Labute approximate surface area is 111 Å². The van der Waals surface area contributed by atoms with Crippen LogP contribution in [0.4, 0.5) is 0 Å². The Hall–Kier alpha value is -0.790. The maximum atomic E-state index is 11.5. The normalized spacial score (nSPS) is 25.9. The predicted octanol–water partition coefficient (Wildman–Crippen LogP) is 0.687. The molecule has 0 radical (unpaired) electrons. The summed E-state index contributed by atoms with van der Waals surface area (Å²) in [6.07, 6.45) is 1.55. The Kier molecular flexibility index (Phi) is 2.99. The first-order valence-electron chi connectivity index (χ1n) is 6.08. The zero-order valence-corrected chi connectivity index (χ0v) is 11.5. The lowest BCUT2D eigenvalue weighted by Crippen LogP contribution is -2.26. The van der Waals surface area contributed by atoms with E-state index in [2.05, 4.69) is 15.3 Å². The van der Waals surface area contributed by atoms with Crippen molar-refractivity contribution in [3.63, 3.8) is 0 Å². The maximum absolute atomic E-state index is 11.5. The third-order valence-electron chi connectivity index (χ3n) is 3.60. The molecule has 1 atom stereocenters. The number of aromatic nitrogens is 2. The van der Waals surface area contributed by atoms with Gasteiger partial charge in [0.1, 0.15) is 10.5 Å². The van der Waals surface area contributed by atoms with Gasteiger partial charge in [-0.25, -0.2) is 13.4 Å². The van der Waals surface area contributed by atoms with Gasteiger partial charge in [0.15, 0.2) is 9.84 Å². The standard InChI is InChI=1S/C11H15N3O2S2/c15-18(16)4-2-7(6-18)10-13-9-1-3-12-5-8(9)11(17)14-10/h7,12H,1-6H2,(H,13,14,17). The Morgan fingerprint density at radius 2 is 2.22 bits per heavy atom. The van der Waals surface area contributed by atoms with Crippen LogP contribution in [0.5, 0.6) is 0 Å². The van der Waals surface area contributed by atoms with E-state index >= 15 is 0 Å². The summed E-state index contributed by atoms with van der Waals surface area (Å²) in [4.78, 5) is 7.69. The molecule has 3 rings (SSSR count). The molecule has 2 aliphatic heterocycles. The number of hydrogen-bond acceptors (Lipinski definition) is 5. The average molecular weight is 285 g/mol. The second kappa shape index (κ2) is 4.40. The van der Waals surface area contributed by atoms with Crippen molar-refractivity contribution in [2.75, 3.05) is 18.1 Å². The third kappa shape index (κ3) is 2.22. The Morgan fingerprint density at radius 1 is 1.39 bits per heavy atom. The van der Waals surface area contributed by atoms with Gasteiger partial charge in [0.2, 0.25) is 0 Å². The summed E-state index contributed by atoms with van der Waals surface area (Å²) in [6.45, 7) is 1.67. The van der Waals surface area contributed by atoms with Crippen molar-refractivity contribution in [2.45, 2.75) is 25.3 Å². The van der Waals surface area contributed by atoms with Crippen molar-refractivity contribution in [2.24, 2.45) is 0 Å². The van der Waals surface area contributed by atoms with E-state index in [0.717, 1.165) is 36.6 Å². The topological polar surface area (TPSA) is 74.8 Å². The molecule has 0 aromatic carbocycles. The minimum atomic E-state index is -2.88. The monoisotopic (exact) mass is 285 g/mol. The van der Waals surface area contributed by atoms with Crippen molar-refractivity contribution in [3.05, 3.63) is 21.7 Å². The molecule has 1 aromatic heterocycles. The fraction of sp³-hybridized carbons (Fsp3) is 0.636. The summed E-state index contributed by atoms with van der Waals surface area (Å²) in [5.74, 6) is 1.19. The number of aromatic amines is 1. The smallest absolute Gasteiger partial charge is 0.151 e. The van der Waals surface area contributed by atoms with Gasteiger partial charge in [-0.3, -0.25) is 0 Å². The minimum Gasteiger partial charge on any atom is -0.346 e. The van der Waals surface area contributed by atoms with E-state index < -0.39 is 9.84 Å². The lowest BCUT2D eigenvalue weighted by Gasteiger charge is -2.19. The first-order chi connectivity index (χ1) is 8.55. The largest absolute Gasteiger partial charge is 0.346 e. The van der Waals surface area contributed by atoms with Gasteiger partial charge < -0.3 is 10.3 Å². The number of nitrogens with zero attached hydrogens (tertiary/aromatic N) is 1. The Bertz CT molecular complexity index is 636. The quantitative estimate of drug-likeness (QED) is 0.743. The number of hydrogen-bond donors (Lipinski definition) is 2. The fourth-order valence-electron chi connectivity index (χ4n) is 2.59. The highest BCUT2D eigenvalue weighted by Crippen LogP contribution is 2.27. The van der Waals surface area contributed by atoms with Gasteiger partial charge in [-0.15, -0.1) is 0 Å². The molecule has 2 aliphatic rings. The van der Waals surface area contributed by atoms with Crippen LogP contribution in [0.15, 0.2) is 0 Å². The van der Waals surface area contributed by atoms with E-state index in [-0.39, 0.29) is 17.4 Å². The lowest BCUT2D eigenvalue weighted by molar-refractivity contribution is 0.598. The molecule has 0 saturated carbocycles. The minimum absolute atomic E-state index is 0.0168. The summed E-state index contributed by atoms with van der Waals surface area (Å²) >= 11 is 5.30. The van der Waals surface area contributed by atoms with Crippen LogP contribution in [0, 0.1) is 4.64 Å². The highest BCUT2D eigenvalue weighted by Gasteiger charge is 2.31. The molecule has 1 saturated heterocycles. The van der Waals surface area contributed by atoms with Gasteiger partial charge in [-0.2, -0.15) is 0 Å². The molecule has 98 valence electrons. The summed E-state index contributed by atoms with van der Waals surface area (Å²) in [5, 5.41) is 3.26. The number of sulfone groups is 1. The van der Waals surface area contributed by atoms with E-state index in [1.807, 2.05) is 0 Å². The number of H-pyrrole nitrogens is 1. The SMILES string of the molecule is O=S1(=O)CCC(c2nc(=S)c3c([nH]2)CCNC3)C1. The number of rotatable bonds is 1. The van der Waals surface area contributed by atoms with Crippen molar-refractivity contribution >= 4 is 22.1 Å². The average Bonchev–Trinajstić information content (AvgIpc) is 2.70. The summed E-state index contributed by atoms with van der Waals surface area (Å²) < 4.78 is 23.6. The molecule has 5 nitrogen and oxygen atoms in total. The first-order valence-corrected chi connectivity index (χ1v) is 8.31. The molecule has 18 heavy (non-hydrogen) atoms. The molecule has 1 fully saturated rings. The first kappa shape index (κ1) is 12.3. The van der Waals surface area contributed by atoms with Crippen LogP contribution in [0.25, 0.3) is 0 Å². The van der Waals surface area contributed by atoms with Gasteiger partial charge in [-0.05, 0) is 6.42 Å². The van der Waals surface area contributed by atoms with Crippen molar-refractivity contribution in [1.82, 2.24) is 15.3 Å². The molecular weight excluding hydrogens is 270 g/mol. The molecule has 0 bridgehead atoms. The molecule has 0 amide bonds. The molecule has 1 aromatic rings. The van der Waals surface area contributed by atoms with E-state index in [0.29, 0.717) is 11.1 Å². The molecule has 3 heterocycles. The summed E-state index contributed by atoms with van der Waals surface area (Å²) in [5.41, 5.74) is 2.17. The van der Waals surface area contributed by atoms with Gasteiger partial charge in [-0.1, -0.05) is 12.2 Å². The Balaban J connectivity index is 1.99. The van der Waals surface area contributed by atoms with Crippen molar-refractivity contribution in [1.29, 1.82) is 0 Å². The van der Waals surface area contributed by atoms with Crippen LogP contribution in [0.3, 0.4) is 0 Å². The molecule has 1 unspecified atom stereocenters. The van der Waals surface area contributed by atoms with Crippen molar-refractivity contribution < 1.29 is 8.42 Å². The summed E-state index contributed by atoms with van der Waals surface area (Å²) in [6, 6.07) is 0. The van der Waals surface area contributed by atoms with E-state index in [1.54, 1.807) is 0 Å². The van der Waals surface area contributed by atoms with Gasteiger partial charge in [0, 0.05) is 36.7 Å². The van der Waals surface area contributed by atoms with Gasteiger partial charge in [0.05, 0.1) is 11.5 Å². The highest BCUT2D eigenvalue weighted by molar-refractivity contribution is 7.91. The van der Waals surface area contributed by atoms with Crippen LogP contribution in [-0.2, 0) is 22.8 Å². The molecule has 0 aliphatic carbocycles. The number of fused-ring (bicyclic) bond motifs is 1. The third-order valence-corrected chi connectivity index (χ3v) is 5.70. The van der Waals surface area contributed by atoms with Crippen LogP contribution < -0.4 is 5.32 Å². The van der Waals surface area contributed by atoms with Gasteiger partial charge in [0.25, 0.3) is 0 Å². The summed E-state index contributed by atoms with van der Waals surface area (Å²) in [7, 11) is -2.88. The zero-order valence-electron chi connectivity index (χ0n) is 9.90. The fourth-order valence-corrected chi connectivity index (χ4v) is 4.63. The molecule has 2 N–H and O–H groups in total. The second-order valence-corrected chi connectivity index (χ2v) is 7.53. The molecular formula is C11H15N3O2S2. The maximum Gasteiger partial charge on any atom is 0.151 e.